The van der Waals surface area contributed by atoms with E-state index in [0.717, 1.165) is 5.56 Å². The highest BCUT2D eigenvalue weighted by molar-refractivity contribution is 6.35. The first-order chi connectivity index (χ1) is 12.0. The van der Waals surface area contributed by atoms with Crippen LogP contribution in [0.5, 0.6) is 5.75 Å². The highest BCUT2D eigenvalue weighted by Crippen LogP contribution is 2.29. The Kier molecular flexibility index (Phi) is 5.27. The van der Waals surface area contributed by atoms with Gasteiger partial charge in [-0.15, -0.1) is 0 Å². The van der Waals surface area contributed by atoms with Gasteiger partial charge in [0.15, 0.2) is 5.78 Å². The second kappa shape index (κ2) is 7.60. The number of methoxy groups -OCH3 is 1. The van der Waals surface area contributed by atoms with E-state index in [1.54, 1.807) is 67.8 Å². The van der Waals surface area contributed by atoms with Crippen LogP contribution < -0.4 is 4.74 Å². The van der Waals surface area contributed by atoms with Crippen LogP contribution in [0.2, 0.25) is 10.0 Å². The van der Waals surface area contributed by atoms with Crippen LogP contribution in [0, 0.1) is 0 Å². The summed E-state index contributed by atoms with van der Waals surface area (Å²) in [6, 6.07) is 15.7. The van der Waals surface area contributed by atoms with E-state index in [2.05, 4.69) is 0 Å². The van der Waals surface area contributed by atoms with E-state index in [4.69, 9.17) is 32.4 Å². The predicted octanol–water partition coefficient (Wildman–Crippen LogP) is 6.16. The van der Waals surface area contributed by atoms with Crippen molar-refractivity contribution in [3.8, 4) is 17.1 Å². The monoisotopic (exact) mass is 372 g/mol. The van der Waals surface area contributed by atoms with E-state index in [9.17, 15) is 4.79 Å². The lowest BCUT2D eigenvalue weighted by molar-refractivity contribution is 0.104. The second-order valence-corrected chi connectivity index (χ2v) is 6.16. The third-order valence-electron chi connectivity index (χ3n) is 3.55. The largest absolute Gasteiger partial charge is 0.497 e. The quantitative estimate of drug-likeness (QED) is 0.397. The van der Waals surface area contributed by atoms with Gasteiger partial charge in [-0.05, 0) is 66.7 Å². The first-order valence-corrected chi connectivity index (χ1v) is 8.23. The minimum atomic E-state index is -0.119. The van der Waals surface area contributed by atoms with Crippen molar-refractivity contribution >= 4 is 35.1 Å². The van der Waals surface area contributed by atoms with Crippen molar-refractivity contribution in [2.24, 2.45) is 0 Å². The lowest BCUT2D eigenvalue weighted by Crippen LogP contribution is -1.93. The zero-order valence-electron chi connectivity index (χ0n) is 13.3. The van der Waals surface area contributed by atoms with Gasteiger partial charge < -0.3 is 9.15 Å². The molecule has 0 aliphatic rings. The Morgan fingerprint density at radius 3 is 2.32 bits per heavy atom. The molecule has 0 bridgehead atoms. The Balaban J connectivity index is 1.75. The number of hydrogen-bond acceptors (Lipinski definition) is 3. The van der Waals surface area contributed by atoms with Crippen LogP contribution in [0.25, 0.3) is 17.4 Å². The molecule has 0 spiro atoms. The Morgan fingerprint density at radius 1 is 1.00 bits per heavy atom. The Bertz CT molecular complexity index is 904. The SMILES string of the molecule is COc1ccc(C(=O)C=Cc2ccc(-c3cc(Cl)cc(Cl)c3)o2)cc1. The van der Waals surface area contributed by atoms with Gasteiger partial charge in [0.1, 0.15) is 17.3 Å². The lowest BCUT2D eigenvalue weighted by Gasteiger charge is -2.00. The average molecular weight is 373 g/mol. The maximum absolute atomic E-state index is 12.2. The molecule has 3 rings (SSSR count). The molecule has 0 aliphatic carbocycles. The van der Waals surface area contributed by atoms with Gasteiger partial charge in [-0.25, -0.2) is 0 Å². The summed E-state index contributed by atoms with van der Waals surface area (Å²) in [5.41, 5.74) is 1.35. The molecule has 0 aliphatic heterocycles. The molecular formula is C20H14Cl2O3. The number of benzene rings is 2. The van der Waals surface area contributed by atoms with Crippen LogP contribution in [-0.2, 0) is 0 Å². The number of allylic oxidation sites excluding steroid dienone is 1. The molecular weight excluding hydrogens is 359 g/mol. The molecule has 3 nitrogen and oxygen atoms in total. The van der Waals surface area contributed by atoms with Crippen molar-refractivity contribution in [2.45, 2.75) is 0 Å². The van der Waals surface area contributed by atoms with Crippen LogP contribution in [0.1, 0.15) is 16.1 Å². The van der Waals surface area contributed by atoms with Crippen molar-refractivity contribution in [1.82, 2.24) is 0 Å². The number of rotatable bonds is 5. The Hall–Kier alpha value is -2.49. The highest BCUT2D eigenvalue weighted by Gasteiger charge is 2.07. The number of hydrogen-bond donors (Lipinski definition) is 0. The Morgan fingerprint density at radius 2 is 1.68 bits per heavy atom. The molecule has 0 radical (unpaired) electrons. The normalized spacial score (nSPS) is 11.0. The van der Waals surface area contributed by atoms with Crippen molar-refractivity contribution in [3.63, 3.8) is 0 Å². The van der Waals surface area contributed by atoms with E-state index < -0.39 is 0 Å². The molecule has 0 saturated heterocycles. The molecule has 126 valence electrons. The molecule has 5 heteroatoms. The zero-order valence-corrected chi connectivity index (χ0v) is 14.8. The van der Waals surface area contributed by atoms with E-state index in [-0.39, 0.29) is 5.78 Å². The standard InChI is InChI=1S/C20H14Cl2O3/c1-24-17-4-2-13(3-5-17)19(23)8-6-18-7-9-20(25-18)14-10-15(21)12-16(22)11-14/h2-12H,1H3. The maximum Gasteiger partial charge on any atom is 0.185 e. The lowest BCUT2D eigenvalue weighted by atomic mass is 10.1. The molecule has 0 unspecified atom stereocenters. The molecule has 0 N–H and O–H groups in total. The molecule has 0 atom stereocenters. The third kappa shape index (κ3) is 4.32. The van der Waals surface area contributed by atoms with Gasteiger partial charge >= 0.3 is 0 Å². The predicted molar refractivity (Wildman–Crippen MR) is 101 cm³/mol. The first-order valence-electron chi connectivity index (χ1n) is 7.48. The van der Waals surface area contributed by atoms with Gasteiger partial charge in [-0.1, -0.05) is 23.2 Å². The summed E-state index contributed by atoms with van der Waals surface area (Å²) in [5, 5.41) is 1.07. The van der Waals surface area contributed by atoms with Crippen molar-refractivity contribution in [3.05, 3.63) is 82.0 Å². The third-order valence-corrected chi connectivity index (χ3v) is 3.98. The topological polar surface area (TPSA) is 39.4 Å². The Labute approximate surface area is 155 Å². The number of ketones is 1. The fourth-order valence-corrected chi connectivity index (χ4v) is 2.83. The van der Waals surface area contributed by atoms with E-state index in [0.29, 0.717) is 32.9 Å². The van der Waals surface area contributed by atoms with Crippen molar-refractivity contribution < 1.29 is 13.9 Å². The van der Waals surface area contributed by atoms with Gasteiger partial charge in [0, 0.05) is 21.2 Å². The fourth-order valence-electron chi connectivity index (χ4n) is 2.30. The number of furan rings is 1. The van der Waals surface area contributed by atoms with Gasteiger partial charge in [0.2, 0.25) is 0 Å². The molecule has 1 aromatic heterocycles. The van der Waals surface area contributed by atoms with Gasteiger partial charge in [-0.3, -0.25) is 4.79 Å². The van der Waals surface area contributed by atoms with Crippen molar-refractivity contribution in [1.29, 1.82) is 0 Å². The number of ether oxygens (including phenoxy) is 1. The van der Waals surface area contributed by atoms with E-state index in [1.165, 1.54) is 6.08 Å². The summed E-state index contributed by atoms with van der Waals surface area (Å²) in [7, 11) is 1.58. The minimum absolute atomic E-state index is 0.119. The molecule has 2 aromatic carbocycles. The maximum atomic E-state index is 12.2. The van der Waals surface area contributed by atoms with E-state index >= 15 is 0 Å². The number of carbonyl (C=O) groups excluding carboxylic acids is 1. The number of halogens is 2. The summed E-state index contributed by atoms with van der Waals surface area (Å²) in [5.74, 6) is 1.77. The molecule has 3 aromatic rings. The molecule has 25 heavy (non-hydrogen) atoms. The molecule has 0 fully saturated rings. The fraction of sp³-hybridized carbons (Fsp3) is 0.0500. The van der Waals surface area contributed by atoms with Gasteiger partial charge in [0.05, 0.1) is 7.11 Å². The zero-order chi connectivity index (χ0) is 17.8. The molecule has 0 saturated carbocycles. The number of carbonyl (C=O) groups is 1. The van der Waals surface area contributed by atoms with Crippen LogP contribution in [0.15, 0.2) is 65.1 Å². The van der Waals surface area contributed by atoms with E-state index in [1.807, 2.05) is 0 Å². The van der Waals surface area contributed by atoms with Crippen LogP contribution in [0.4, 0.5) is 0 Å². The highest BCUT2D eigenvalue weighted by atomic mass is 35.5. The molecule has 1 heterocycles. The summed E-state index contributed by atoms with van der Waals surface area (Å²) in [6.07, 6.45) is 3.09. The summed E-state index contributed by atoms with van der Waals surface area (Å²) in [4.78, 5) is 12.2. The van der Waals surface area contributed by atoms with Crippen LogP contribution >= 0.6 is 23.2 Å². The van der Waals surface area contributed by atoms with Crippen molar-refractivity contribution in [2.75, 3.05) is 7.11 Å². The average Bonchev–Trinajstić information content (AvgIpc) is 3.08. The summed E-state index contributed by atoms with van der Waals surface area (Å²) < 4.78 is 10.8. The molecule has 0 amide bonds. The van der Waals surface area contributed by atoms with Crippen LogP contribution in [-0.4, -0.2) is 12.9 Å². The van der Waals surface area contributed by atoms with Gasteiger partial charge in [-0.2, -0.15) is 0 Å². The smallest absolute Gasteiger partial charge is 0.185 e. The van der Waals surface area contributed by atoms with Gasteiger partial charge in [0.25, 0.3) is 0 Å². The second-order valence-electron chi connectivity index (χ2n) is 5.29. The van der Waals surface area contributed by atoms with Crippen LogP contribution in [0.3, 0.4) is 0 Å². The first kappa shape index (κ1) is 17.3. The summed E-state index contributed by atoms with van der Waals surface area (Å²) >= 11 is 12.0. The summed E-state index contributed by atoms with van der Waals surface area (Å²) in [6.45, 7) is 0. The minimum Gasteiger partial charge on any atom is -0.497 e.